The van der Waals surface area contributed by atoms with Crippen LogP contribution in [0.25, 0.3) is 11.3 Å². The summed E-state index contributed by atoms with van der Waals surface area (Å²) in [6, 6.07) is 17.6. The maximum absolute atomic E-state index is 12.8. The van der Waals surface area contributed by atoms with Gasteiger partial charge in [-0.3, -0.25) is 4.79 Å². The lowest BCUT2D eigenvalue weighted by molar-refractivity contribution is -0.690. The van der Waals surface area contributed by atoms with Crippen molar-refractivity contribution in [2.75, 3.05) is 0 Å². The van der Waals surface area contributed by atoms with E-state index in [0.29, 0.717) is 17.1 Å². The van der Waals surface area contributed by atoms with E-state index >= 15 is 0 Å². The topological polar surface area (TPSA) is 25.9 Å². The van der Waals surface area contributed by atoms with Crippen LogP contribution < -0.4 is 4.57 Å². The summed E-state index contributed by atoms with van der Waals surface area (Å²) in [5.74, 6) is 1.37. The van der Waals surface area contributed by atoms with Crippen LogP contribution in [0.4, 0.5) is 0 Å². The molecule has 0 saturated heterocycles. The number of aromatic nitrogens is 2. The molecule has 1 aromatic heterocycles. The number of carbonyl (C=O) groups is 1. The molecule has 0 radical (unpaired) electrons. The Morgan fingerprint density at radius 2 is 1.77 bits per heavy atom. The van der Waals surface area contributed by atoms with E-state index in [0.717, 1.165) is 13.0 Å². The number of imidazole rings is 1. The molecule has 0 amide bonds. The van der Waals surface area contributed by atoms with Crippen molar-refractivity contribution in [2.24, 2.45) is 0 Å². The second-order valence-corrected chi connectivity index (χ2v) is 7.25. The zero-order valence-electron chi connectivity index (χ0n) is 14.7. The summed E-state index contributed by atoms with van der Waals surface area (Å²) < 4.78 is 4.54. The predicted octanol–water partition coefficient (Wildman–Crippen LogP) is 4.71. The van der Waals surface area contributed by atoms with Crippen molar-refractivity contribution in [3.63, 3.8) is 0 Å². The lowest BCUT2D eigenvalue weighted by Crippen LogP contribution is -2.40. The zero-order chi connectivity index (χ0) is 17.9. The molecular formula is C22H22ClN2O+. The molecule has 4 heteroatoms. The van der Waals surface area contributed by atoms with Crippen molar-refractivity contribution in [1.29, 1.82) is 0 Å². The molecule has 0 unspecified atom stereocenters. The third-order valence-electron chi connectivity index (χ3n) is 5.04. The van der Waals surface area contributed by atoms with E-state index in [4.69, 9.17) is 11.6 Å². The molecular weight excluding hydrogens is 344 g/mol. The molecule has 0 N–H and O–H groups in total. The summed E-state index contributed by atoms with van der Waals surface area (Å²) >= 11 is 5.94. The van der Waals surface area contributed by atoms with Gasteiger partial charge in [0.2, 0.25) is 5.78 Å². The van der Waals surface area contributed by atoms with E-state index in [1.165, 1.54) is 36.3 Å². The largest absolute Gasteiger partial charge is 0.290 e. The summed E-state index contributed by atoms with van der Waals surface area (Å²) in [5.41, 5.74) is 3.11. The van der Waals surface area contributed by atoms with Crippen molar-refractivity contribution in [3.05, 3.63) is 77.2 Å². The quantitative estimate of drug-likeness (QED) is 0.486. The maximum atomic E-state index is 12.8. The summed E-state index contributed by atoms with van der Waals surface area (Å²) in [5, 5.41) is 0.651. The maximum Gasteiger partial charge on any atom is 0.257 e. The van der Waals surface area contributed by atoms with Crippen molar-refractivity contribution >= 4 is 17.4 Å². The van der Waals surface area contributed by atoms with Crippen LogP contribution in [-0.2, 0) is 19.5 Å². The minimum absolute atomic E-state index is 0.115. The SMILES string of the molecule is O=C(C[n+]1cc(-c2ccccc2)n2c1CCCCC2)c1ccc(Cl)cc1. The van der Waals surface area contributed by atoms with Gasteiger partial charge in [0.25, 0.3) is 5.82 Å². The van der Waals surface area contributed by atoms with E-state index in [1.54, 1.807) is 24.3 Å². The molecule has 0 fully saturated rings. The molecule has 1 aliphatic heterocycles. The molecule has 2 heterocycles. The fourth-order valence-corrected chi connectivity index (χ4v) is 3.83. The van der Waals surface area contributed by atoms with Gasteiger partial charge in [0.15, 0.2) is 12.2 Å². The highest BCUT2D eigenvalue weighted by Gasteiger charge is 2.27. The number of benzene rings is 2. The Kier molecular flexibility index (Phi) is 4.89. The molecule has 3 nitrogen and oxygen atoms in total. The predicted molar refractivity (Wildman–Crippen MR) is 103 cm³/mol. The molecule has 0 aliphatic carbocycles. The number of ketones is 1. The smallest absolute Gasteiger partial charge is 0.257 e. The Balaban J connectivity index is 1.70. The van der Waals surface area contributed by atoms with Gasteiger partial charge >= 0.3 is 0 Å². The lowest BCUT2D eigenvalue weighted by atomic mass is 10.1. The molecule has 1 aliphatic rings. The van der Waals surface area contributed by atoms with Gasteiger partial charge in [-0.05, 0) is 43.5 Å². The van der Waals surface area contributed by atoms with E-state index in [-0.39, 0.29) is 5.78 Å². The molecule has 0 bridgehead atoms. The first-order chi connectivity index (χ1) is 12.7. The van der Waals surface area contributed by atoms with Crippen LogP contribution in [0.15, 0.2) is 60.8 Å². The molecule has 3 aromatic rings. The molecule has 0 atom stereocenters. The molecule has 2 aromatic carbocycles. The number of rotatable bonds is 4. The van der Waals surface area contributed by atoms with Crippen LogP contribution >= 0.6 is 11.6 Å². The van der Waals surface area contributed by atoms with E-state index in [9.17, 15) is 4.79 Å². The third-order valence-corrected chi connectivity index (χ3v) is 5.30. The summed E-state index contributed by atoms with van der Waals surface area (Å²) in [6.45, 7) is 1.38. The zero-order valence-corrected chi connectivity index (χ0v) is 15.5. The van der Waals surface area contributed by atoms with Gasteiger partial charge in [-0.25, -0.2) is 9.13 Å². The first-order valence-electron chi connectivity index (χ1n) is 9.18. The highest BCUT2D eigenvalue weighted by molar-refractivity contribution is 6.30. The first-order valence-corrected chi connectivity index (χ1v) is 9.56. The van der Waals surface area contributed by atoms with Gasteiger partial charge in [-0.15, -0.1) is 0 Å². The summed E-state index contributed by atoms with van der Waals surface area (Å²) in [6.07, 6.45) is 6.76. The number of hydrogen-bond donors (Lipinski definition) is 0. The first kappa shape index (κ1) is 17.0. The number of halogens is 1. The Labute approximate surface area is 158 Å². The van der Waals surface area contributed by atoms with Gasteiger partial charge in [0.05, 0.1) is 6.54 Å². The highest BCUT2D eigenvalue weighted by atomic mass is 35.5. The second-order valence-electron chi connectivity index (χ2n) is 6.82. The van der Waals surface area contributed by atoms with Crippen LogP contribution in [-0.4, -0.2) is 10.4 Å². The van der Waals surface area contributed by atoms with E-state index in [1.807, 2.05) is 6.07 Å². The standard InChI is InChI=1S/C22H22ClN2O/c23-19-12-10-18(11-13-19)21(26)16-24-15-20(17-7-3-1-4-8-17)25-14-6-2-5-9-22(24)25/h1,3-4,7-8,10-13,15H,2,5-6,9,14,16H2/q+1. The monoisotopic (exact) mass is 365 g/mol. The van der Waals surface area contributed by atoms with Crippen molar-refractivity contribution in [1.82, 2.24) is 4.57 Å². The number of Topliss-reactive ketones (excluding diaryl/α,β-unsaturated/α-hetero) is 1. The minimum Gasteiger partial charge on any atom is -0.290 e. The fraction of sp³-hybridized carbons (Fsp3) is 0.273. The second kappa shape index (κ2) is 7.46. The average Bonchev–Trinajstić information content (AvgIpc) is 2.84. The summed E-state index contributed by atoms with van der Waals surface area (Å²) in [7, 11) is 0. The summed E-state index contributed by atoms with van der Waals surface area (Å²) in [4.78, 5) is 12.8. The third kappa shape index (κ3) is 3.45. The number of hydrogen-bond acceptors (Lipinski definition) is 1. The normalized spacial score (nSPS) is 13.9. The Morgan fingerprint density at radius 3 is 2.54 bits per heavy atom. The van der Waals surface area contributed by atoms with Gasteiger partial charge < -0.3 is 0 Å². The van der Waals surface area contributed by atoms with Gasteiger partial charge in [-0.1, -0.05) is 41.9 Å². The van der Waals surface area contributed by atoms with Crippen LogP contribution in [0.2, 0.25) is 5.02 Å². The average molecular weight is 366 g/mol. The van der Waals surface area contributed by atoms with Gasteiger partial charge in [0.1, 0.15) is 6.20 Å². The molecule has 132 valence electrons. The highest BCUT2D eigenvalue weighted by Crippen LogP contribution is 2.24. The lowest BCUT2D eigenvalue weighted by Gasteiger charge is -2.03. The van der Waals surface area contributed by atoms with Gasteiger partial charge in [0, 0.05) is 22.6 Å². The fourth-order valence-electron chi connectivity index (χ4n) is 3.70. The van der Waals surface area contributed by atoms with Crippen LogP contribution in [0.5, 0.6) is 0 Å². The van der Waals surface area contributed by atoms with Crippen molar-refractivity contribution in [2.45, 2.75) is 38.8 Å². The Hall–Kier alpha value is -2.39. The van der Waals surface area contributed by atoms with E-state index < -0.39 is 0 Å². The molecule has 0 spiro atoms. The molecule has 26 heavy (non-hydrogen) atoms. The van der Waals surface area contributed by atoms with Crippen LogP contribution in [0.1, 0.15) is 35.4 Å². The Bertz CT molecular complexity index is 913. The van der Waals surface area contributed by atoms with Crippen molar-refractivity contribution in [3.8, 4) is 11.3 Å². The van der Waals surface area contributed by atoms with Crippen LogP contribution in [0.3, 0.4) is 0 Å². The minimum atomic E-state index is 0.115. The number of nitrogens with zero attached hydrogens (tertiary/aromatic N) is 2. The van der Waals surface area contributed by atoms with Crippen LogP contribution in [0, 0.1) is 0 Å². The number of fused-ring (bicyclic) bond motifs is 1. The number of carbonyl (C=O) groups excluding carboxylic acids is 1. The molecule has 0 saturated carbocycles. The van der Waals surface area contributed by atoms with Gasteiger partial charge in [-0.2, -0.15) is 0 Å². The molecule has 4 rings (SSSR count). The van der Waals surface area contributed by atoms with Crippen molar-refractivity contribution < 1.29 is 9.36 Å². The van der Waals surface area contributed by atoms with E-state index in [2.05, 4.69) is 39.6 Å². The Morgan fingerprint density at radius 1 is 1.00 bits per heavy atom.